The first kappa shape index (κ1) is 14.1. The number of anilines is 1. The lowest BCUT2D eigenvalue weighted by atomic mass is 10.1. The zero-order valence-corrected chi connectivity index (χ0v) is 13.3. The smallest absolute Gasteiger partial charge is 0.101 e. The summed E-state index contributed by atoms with van der Waals surface area (Å²) in [6, 6.07) is 12.6. The Morgan fingerprint density at radius 1 is 1.37 bits per heavy atom. The molecule has 0 unspecified atom stereocenters. The molecule has 0 spiro atoms. The van der Waals surface area contributed by atoms with E-state index in [1.807, 2.05) is 18.2 Å². The summed E-state index contributed by atoms with van der Waals surface area (Å²) < 4.78 is 0.998. The standard InChI is InChI=1S/C15H15BrN2S/c1-11(2)18(10-14-4-3-7-19-14)15-8-13(16)6-5-12(15)9-17/h3-8,11H,10H2,1-2H3. The van der Waals surface area contributed by atoms with Gasteiger partial charge in [-0.25, -0.2) is 0 Å². The minimum Gasteiger partial charge on any atom is -0.363 e. The lowest BCUT2D eigenvalue weighted by molar-refractivity contribution is 0.686. The van der Waals surface area contributed by atoms with Crippen LogP contribution in [0, 0.1) is 11.3 Å². The monoisotopic (exact) mass is 334 g/mol. The van der Waals surface area contributed by atoms with Gasteiger partial charge in [0.15, 0.2) is 0 Å². The highest BCUT2D eigenvalue weighted by molar-refractivity contribution is 9.10. The van der Waals surface area contributed by atoms with Crippen molar-refractivity contribution in [3.05, 3.63) is 50.6 Å². The maximum Gasteiger partial charge on any atom is 0.101 e. The summed E-state index contributed by atoms with van der Waals surface area (Å²) in [5, 5.41) is 11.4. The van der Waals surface area contributed by atoms with Crippen LogP contribution in [0.3, 0.4) is 0 Å². The molecule has 1 heterocycles. The van der Waals surface area contributed by atoms with Crippen LogP contribution < -0.4 is 4.90 Å². The molecule has 0 atom stereocenters. The van der Waals surface area contributed by atoms with E-state index in [1.54, 1.807) is 11.3 Å². The van der Waals surface area contributed by atoms with Crippen LogP contribution in [0.4, 0.5) is 5.69 Å². The maximum absolute atomic E-state index is 9.28. The summed E-state index contributed by atoms with van der Waals surface area (Å²) in [6.07, 6.45) is 0. The predicted molar refractivity (Wildman–Crippen MR) is 84.5 cm³/mol. The van der Waals surface area contributed by atoms with Crippen LogP contribution >= 0.6 is 27.3 Å². The predicted octanol–water partition coefficient (Wildman–Crippen LogP) is 4.80. The van der Waals surface area contributed by atoms with Gasteiger partial charge in [-0.3, -0.25) is 0 Å². The van der Waals surface area contributed by atoms with E-state index in [-0.39, 0.29) is 0 Å². The maximum atomic E-state index is 9.28. The first-order valence-corrected chi connectivity index (χ1v) is 7.77. The number of nitrogens with zero attached hydrogens (tertiary/aromatic N) is 2. The third-order valence-corrected chi connectivity index (χ3v) is 4.27. The second kappa shape index (κ2) is 6.23. The van der Waals surface area contributed by atoms with Crippen LogP contribution in [0.15, 0.2) is 40.2 Å². The Kier molecular flexibility index (Phi) is 4.62. The summed E-state index contributed by atoms with van der Waals surface area (Å²) in [5.41, 5.74) is 1.70. The molecule has 98 valence electrons. The van der Waals surface area contributed by atoms with Crippen LogP contribution in [0.2, 0.25) is 0 Å². The van der Waals surface area contributed by atoms with E-state index < -0.39 is 0 Å². The highest BCUT2D eigenvalue weighted by Crippen LogP contribution is 2.28. The van der Waals surface area contributed by atoms with Crippen molar-refractivity contribution < 1.29 is 0 Å². The minimum absolute atomic E-state index is 0.337. The first-order chi connectivity index (χ1) is 9.11. The van der Waals surface area contributed by atoms with Crippen LogP contribution in [-0.2, 0) is 6.54 Å². The number of thiophene rings is 1. The lowest BCUT2D eigenvalue weighted by Crippen LogP contribution is -2.30. The van der Waals surface area contributed by atoms with E-state index in [2.05, 4.69) is 58.3 Å². The number of benzene rings is 1. The third-order valence-electron chi connectivity index (χ3n) is 2.92. The summed E-state index contributed by atoms with van der Waals surface area (Å²) in [7, 11) is 0. The topological polar surface area (TPSA) is 27.0 Å². The van der Waals surface area contributed by atoms with Crippen LogP contribution in [0.25, 0.3) is 0 Å². The Morgan fingerprint density at radius 3 is 2.74 bits per heavy atom. The van der Waals surface area contributed by atoms with E-state index in [9.17, 15) is 5.26 Å². The number of rotatable bonds is 4. The Balaban J connectivity index is 2.39. The lowest BCUT2D eigenvalue weighted by Gasteiger charge is -2.29. The quantitative estimate of drug-likeness (QED) is 0.803. The van der Waals surface area contributed by atoms with Gasteiger partial charge in [-0.05, 0) is 43.5 Å². The zero-order chi connectivity index (χ0) is 13.8. The summed E-state index contributed by atoms with van der Waals surface area (Å²) in [4.78, 5) is 3.56. The molecule has 1 aromatic carbocycles. The number of nitriles is 1. The van der Waals surface area contributed by atoms with Crippen LogP contribution in [0.5, 0.6) is 0 Å². The third kappa shape index (κ3) is 3.37. The van der Waals surface area contributed by atoms with Crippen molar-refractivity contribution in [2.24, 2.45) is 0 Å². The highest BCUT2D eigenvalue weighted by atomic mass is 79.9. The fourth-order valence-electron chi connectivity index (χ4n) is 1.95. The van der Waals surface area contributed by atoms with Crippen LogP contribution in [0.1, 0.15) is 24.3 Å². The molecule has 19 heavy (non-hydrogen) atoms. The van der Waals surface area contributed by atoms with Gasteiger partial charge in [-0.1, -0.05) is 22.0 Å². The summed E-state index contributed by atoms with van der Waals surface area (Å²) in [5.74, 6) is 0. The van der Waals surface area contributed by atoms with Gasteiger partial charge >= 0.3 is 0 Å². The van der Waals surface area contributed by atoms with Gasteiger partial charge in [-0.15, -0.1) is 11.3 Å². The normalized spacial score (nSPS) is 10.5. The molecule has 0 saturated carbocycles. The molecule has 0 fully saturated rings. The second-order valence-electron chi connectivity index (χ2n) is 4.57. The van der Waals surface area contributed by atoms with Gasteiger partial charge in [0, 0.05) is 15.4 Å². The first-order valence-electron chi connectivity index (χ1n) is 6.10. The molecular weight excluding hydrogens is 320 g/mol. The average Bonchev–Trinajstić information content (AvgIpc) is 2.88. The number of hydrogen-bond donors (Lipinski definition) is 0. The van der Waals surface area contributed by atoms with Gasteiger partial charge in [0.25, 0.3) is 0 Å². The van der Waals surface area contributed by atoms with E-state index in [0.29, 0.717) is 11.6 Å². The van der Waals surface area contributed by atoms with E-state index in [0.717, 1.165) is 16.7 Å². The van der Waals surface area contributed by atoms with Crippen molar-refractivity contribution in [3.8, 4) is 6.07 Å². The number of halogens is 1. The molecule has 4 heteroatoms. The van der Waals surface area contributed by atoms with Crippen molar-refractivity contribution in [2.75, 3.05) is 4.90 Å². The van der Waals surface area contributed by atoms with Crippen molar-refractivity contribution in [1.29, 1.82) is 5.26 Å². The number of hydrogen-bond acceptors (Lipinski definition) is 3. The molecule has 0 aliphatic carbocycles. The molecular formula is C15H15BrN2S. The molecule has 2 aromatic rings. The van der Waals surface area contributed by atoms with Gasteiger partial charge in [0.1, 0.15) is 6.07 Å². The van der Waals surface area contributed by atoms with Crippen molar-refractivity contribution in [2.45, 2.75) is 26.4 Å². The SMILES string of the molecule is CC(C)N(Cc1cccs1)c1cc(Br)ccc1C#N. The van der Waals surface area contributed by atoms with Crippen molar-refractivity contribution >= 4 is 33.0 Å². The van der Waals surface area contributed by atoms with E-state index in [1.165, 1.54) is 4.88 Å². The largest absolute Gasteiger partial charge is 0.363 e. The molecule has 0 radical (unpaired) electrons. The molecule has 0 aliphatic rings. The molecule has 0 bridgehead atoms. The molecule has 1 aromatic heterocycles. The molecule has 0 N–H and O–H groups in total. The van der Waals surface area contributed by atoms with E-state index >= 15 is 0 Å². The van der Waals surface area contributed by atoms with Crippen molar-refractivity contribution in [1.82, 2.24) is 0 Å². The Morgan fingerprint density at radius 2 is 2.16 bits per heavy atom. The fourth-order valence-corrected chi connectivity index (χ4v) is 3.01. The average molecular weight is 335 g/mol. The minimum atomic E-state index is 0.337. The molecule has 0 aliphatic heterocycles. The molecule has 2 nitrogen and oxygen atoms in total. The van der Waals surface area contributed by atoms with Gasteiger partial charge < -0.3 is 4.90 Å². The molecule has 0 amide bonds. The molecule has 0 saturated heterocycles. The van der Waals surface area contributed by atoms with Gasteiger partial charge in [-0.2, -0.15) is 5.26 Å². The van der Waals surface area contributed by atoms with Crippen molar-refractivity contribution in [3.63, 3.8) is 0 Å². The van der Waals surface area contributed by atoms with Crippen LogP contribution in [-0.4, -0.2) is 6.04 Å². The second-order valence-corrected chi connectivity index (χ2v) is 6.52. The zero-order valence-electron chi connectivity index (χ0n) is 10.9. The fraction of sp³-hybridized carbons (Fsp3) is 0.267. The molecule has 2 rings (SSSR count). The van der Waals surface area contributed by atoms with Gasteiger partial charge in [0.2, 0.25) is 0 Å². The van der Waals surface area contributed by atoms with Gasteiger partial charge in [0.05, 0.1) is 17.8 Å². The Bertz CT molecular complexity index is 585. The van der Waals surface area contributed by atoms with E-state index in [4.69, 9.17) is 0 Å². The highest BCUT2D eigenvalue weighted by Gasteiger charge is 2.16. The summed E-state index contributed by atoms with van der Waals surface area (Å²) >= 11 is 5.23. The Hall–Kier alpha value is -1.31. The Labute approximate surface area is 126 Å². The summed E-state index contributed by atoms with van der Waals surface area (Å²) in [6.45, 7) is 5.13.